The molecule has 13 rings (SSSR count). The summed E-state index contributed by atoms with van der Waals surface area (Å²) in [4.78, 5) is 21.4. The minimum atomic E-state index is -0.711. The van der Waals surface area contributed by atoms with Crippen LogP contribution in [0, 0.1) is 0 Å². The molecule has 0 amide bonds. The van der Waals surface area contributed by atoms with Crippen LogP contribution in [0.5, 0.6) is 0 Å². The Balaban J connectivity index is 1.09. The van der Waals surface area contributed by atoms with E-state index in [2.05, 4.69) is 174 Å². The van der Waals surface area contributed by atoms with E-state index in [-0.39, 0.29) is 0 Å². The zero-order valence-corrected chi connectivity index (χ0v) is 33.4. The number of aromatic nitrogens is 5. The van der Waals surface area contributed by atoms with Gasteiger partial charge in [0.15, 0.2) is 11.6 Å². The van der Waals surface area contributed by atoms with Gasteiger partial charge >= 0.3 is 0 Å². The highest BCUT2D eigenvalue weighted by Crippen LogP contribution is 2.62. The minimum absolute atomic E-state index is 0.689. The van der Waals surface area contributed by atoms with E-state index in [1.807, 2.05) is 42.5 Å². The van der Waals surface area contributed by atoms with E-state index in [9.17, 15) is 0 Å². The summed E-state index contributed by atoms with van der Waals surface area (Å²) in [6.45, 7) is 0. The summed E-state index contributed by atoms with van der Waals surface area (Å²) in [5.41, 5.74) is 17.3. The largest absolute Gasteiger partial charge is 0.309 e. The highest BCUT2D eigenvalue weighted by Gasteiger charge is 2.53. The molecule has 288 valence electrons. The second-order valence-corrected chi connectivity index (χ2v) is 16.1. The number of rotatable bonds is 5. The van der Waals surface area contributed by atoms with E-state index in [0.29, 0.717) is 11.6 Å². The van der Waals surface area contributed by atoms with Crippen LogP contribution in [0.2, 0.25) is 0 Å². The predicted molar refractivity (Wildman–Crippen MR) is 250 cm³/mol. The fraction of sp³-hybridized carbons (Fsp3) is 0.0175. The van der Waals surface area contributed by atoms with Gasteiger partial charge in [-0.15, -0.1) is 0 Å². The molecule has 1 aliphatic carbocycles. The lowest BCUT2D eigenvalue weighted by molar-refractivity contribution is 0.744. The average Bonchev–Trinajstić information content (AvgIpc) is 3.85. The van der Waals surface area contributed by atoms with Crippen molar-refractivity contribution >= 4 is 21.8 Å². The predicted octanol–water partition coefficient (Wildman–Crippen LogP) is 13.4. The van der Waals surface area contributed by atoms with E-state index >= 15 is 0 Å². The number of para-hydroxylation sites is 3. The van der Waals surface area contributed by atoms with Crippen LogP contribution in [0.25, 0.3) is 95.3 Å². The Bertz CT molecular complexity index is 3500. The summed E-state index contributed by atoms with van der Waals surface area (Å²) in [5, 5.41) is 2.48. The number of nitrogens with zero attached hydrogens (tertiary/aromatic N) is 5. The van der Waals surface area contributed by atoms with E-state index in [4.69, 9.17) is 19.9 Å². The zero-order chi connectivity index (χ0) is 40.8. The molecule has 4 heterocycles. The molecule has 11 aromatic rings. The molecular weight excluding hydrogens is 755 g/mol. The first-order valence-corrected chi connectivity index (χ1v) is 21.1. The second-order valence-electron chi connectivity index (χ2n) is 16.1. The molecule has 1 aliphatic heterocycles. The van der Waals surface area contributed by atoms with Crippen molar-refractivity contribution in [3.63, 3.8) is 0 Å². The summed E-state index contributed by atoms with van der Waals surface area (Å²) in [6.07, 6.45) is 0. The SMILES string of the molecule is c1ccc(-c2cc(-c3ccc(-c4nc(-c5ccccc5)nc5c4C4(c6ccccc6-5)c5ccccc5-n5c6ccccc6c6cccc4c65)cc3)nc(-c3ccccc3)n2)cc1. The Hall–Kier alpha value is -8.28. The normalized spacial score (nSPS) is 14.5. The third-order valence-corrected chi connectivity index (χ3v) is 12.8. The van der Waals surface area contributed by atoms with E-state index in [1.165, 1.54) is 44.2 Å². The number of fused-ring (bicyclic) bond motifs is 12. The van der Waals surface area contributed by atoms with Crippen molar-refractivity contribution < 1.29 is 0 Å². The summed E-state index contributed by atoms with van der Waals surface area (Å²) < 4.78 is 2.48. The quantitative estimate of drug-likeness (QED) is 0.174. The fourth-order valence-electron chi connectivity index (χ4n) is 10.2. The monoisotopic (exact) mass is 789 g/mol. The third-order valence-electron chi connectivity index (χ3n) is 12.8. The number of hydrogen-bond donors (Lipinski definition) is 0. The standard InChI is InChI=1S/C57H35N5/c1-4-17-36(18-5-1)47-35-48(59-55(58-47)39-19-6-2-7-20-39)37-31-33-38(34-32-37)52-51-53(61-56(60-52)40-21-8-3-9-22-40)43-24-10-12-26-44(43)57(51)45-27-13-15-30-50(45)62-49-29-14-11-23-41(49)42-25-16-28-46(57)54(42)62/h1-35H. The maximum absolute atomic E-state index is 5.62. The lowest BCUT2D eigenvalue weighted by Gasteiger charge is -2.40. The average molecular weight is 790 g/mol. The molecule has 0 bridgehead atoms. The van der Waals surface area contributed by atoms with Crippen LogP contribution in [0.3, 0.4) is 0 Å². The van der Waals surface area contributed by atoms with Gasteiger partial charge in [-0.1, -0.05) is 194 Å². The molecule has 1 atom stereocenters. The molecule has 3 aromatic heterocycles. The number of benzene rings is 8. The van der Waals surface area contributed by atoms with Crippen molar-refractivity contribution in [2.45, 2.75) is 5.41 Å². The Kier molecular flexibility index (Phi) is 7.45. The Morgan fingerprint density at radius 3 is 1.60 bits per heavy atom. The van der Waals surface area contributed by atoms with Crippen molar-refractivity contribution in [1.82, 2.24) is 24.5 Å². The van der Waals surface area contributed by atoms with Gasteiger partial charge in [0.1, 0.15) is 0 Å². The van der Waals surface area contributed by atoms with Crippen LogP contribution in [0.15, 0.2) is 212 Å². The van der Waals surface area contributed by atoms with Crippen LogP contribution in [0.1, 0.15) is 22.3 Å². The highest BCUT2D eigenvalue weighted by atomic mass is 15.0. The Labute approximate surface area is 358 Å². The first-order valence-electron chi connectivity index (χ1n) is 21.1. The zero-order valence-electron chi connectivity index (χ0n) is 33.4. The lowest BCUT2D eigenvalue weighted by Crippen LogP contribution is -2.34. The Morgan fingerprint density at radius 2 is 0.871 bits per heavy atom. The first kappa shape index (κ1) is 34.6. The highest BCUT2D eigenvalue weighted by molar-refractivity contribution is 6.13. The molecule has 0 N–H and O–H groups in total. The number of hydrogen-bond acceptors (Lipinski definition) is 4. The van der Waals surface area contributed by atoms with Gasteiger partial charge in [-0.25, -0.2) is 19.9 Å². The first-order chi connectivity index (χ1) is 30.8. The van der Waals surface area contributed by atoms with Gasteiger partial charge in [-0.2, -0.15) is 0 Å². The van der Waals surface area contributed by atoms with Crippen molar-refractivity contribution in [3.8, 4) is 73.5 Å². The van der Waals surface area contributed by atoms with Crippen LogP contribution >= 0.6 is 0 Å². The van der Waals surface area contributed by atoms with Crippen molar-refractivity contribution in [2.75, 3.05) is 0 Å². The molecule has 0 saturated heterocycles. The van der Waals surface area contributed by atoms with Gasteiger partial charge in [-0.3, -0.25) is 0 Å². The maximum atomic E-state index is 5.62. The summed E-state index contributed by atoms with van der Waals surface area (Å²) in [5.74, 6) is 1.39. The van der Waals surface area contributed by atoms with Gasteiger partial charge < -0.3 is 4.57 Å². The van der Waals surface area contributed by atoms with Crippen molar-refractivity contribution in [1.29, 1.82) is 0 Å². The molecular formula is C57H35N5. The topological polar surface area (TPSA) is 56.5 Å². The van der Waals surface area contributed by atoms with Crippen LogP contribution in [-0.4, -0.2) is 24.5 Å². The fourth-order valence-corrected chi connectivity index (χ4v) is 10.2. The van der Waals surface area contributed by atoms with Gasteiger partial charge in [0.2, 0.25) is 0 Å². The summed E-state index contributed by atoms with van der Waals surface area (Å²) in [7, 11) is 0. The van der Waals surface area contributed by atoms with E-state index < -0.39 is 5.41 Å². The van der Waals surface area contributed by atoms with Gasteiger partial charge in [0.05, 0.1) is 44.9 Å². The molecule has 0 fully saturated rings. The van der Waals surface area contributed by atoms with Crippen molar-refractivity contribution in [3.05, 3.63) is 235 Å². The molecule has 2 aliphatic rings. The van der Waals surface area contributed by atoms with Gasteiger partial charge in [0.25, 0.3) is 0 Å². The second kappa shape index (κ2) is 13.4. The van der Waals surface area contributed by atoms with Crippen molar-refractivity contribution in [2.24, 2.45) is 0 Å². The van der Waals surface area contributed by atoms with Gasteiger partial charge in [0, 0.05) is 49.7 Å². The lowest BCUT2D eigenvalue weighted by atomic mass is 9.64. The summed E-state index contributed by atoms with van der Waals surface area (Å²) >= 11 is 0. The smallest absolute Gasteiger partial charge is 0.160 e. The van der Waals surface area contributed by atoms with E-state index in [1.54, 1.807) is 0 Å². The molecule has 5 heteroatoms. The summed E-state index contributed by atoms with van der Waals surface area (Å²) in [6, 6.07) is 75.2. The minimum Gasteiger partial charge on any atom is -0.309 e. The van der Waals surface area contributed by atoms with Crippen LogP contribution < -0.4 is 0 Å². The molecule has 8 aromatic carbocycles. The molecule has 1 spiro atoms. The Morgan fingerprint density at radius 1 is 0.355 bits per heavy atom. The van der Waals surface area contributed by atoms with Crippen LogP contribution in [-0.2, 0) is 5.41 Å². The molecule has 0 saturated carbocycles. The maximum Gasteiger partial charge on any atom is 0.160 e. The van der Waals surface area contributed by atoms with Crippen LogP contribution in [0.4, 0.5) is 0 Å². The molecule has 0 radical (unpaired) electrons. The molecule has 1 unspecified atom stereocenters. The molecule has 5 nitrogen and oxygen atoms in total. The van der Waals surface area contributed by atoms with E-state index in [0.717, 1.165) is 61.7 Å². The van der Waals surface area contributed by atoms with Gasteiger partial charge in [-0.05, 0) is 34.9 Å². The third kappa shape index (κ3) is 4.90. The molecule has 62 heavy (non-hydrogen) atoms.